The van der Waals surface area contributed by atoms with Crippen LogP contribution in [0.3, 0.4) is 0 Å². The summed E-state index contributed by atoms with van der Waals surface area (Å²) in [6.07, 6.45) is 0.663. The van der Waals surface area contributed by atoms with Gasteiger partial charge in [0.15, 0.2) is 0 Å². The van der Waals surface area contributed by atoms with Crippen LogP contribution in [0.25, 0.3) is 0 Å². The molecule has 0 unspecified atom stereocenters. The summed E-state index contributed by atoms with van der Waals surface area (Å²) in [4.78, 5) is 12.0. The molecule has 0 bridgehead atoms. The Morgan fingerprint density at radius 3 is 2.37 bits per heavy atom. The maximum absolute atomic E-state index is 12.0. The molecule has 0 saturated heterocycles. The summed E-state index contributed by atoms with van der Waals surface area (Å²) in [7, 11) is 1.80. The van der Waals surface area contributed by atoms with Gasteiger partial charge < -0.3 is 0 Å². The van der Waals surface area contributed by atoms with Crippen molar-refractivity contribution in [2.75, 3.05) is 0 Å². The van der Waals surface area contributed by atoms with E-state index in [9.17, 15) is 4.79 Å². The third-order valence-corrected chi connectivity index (χ3v) is 3.68. The summed E-state index contributed by atoms with van der Waals surface area (Å²) in [6, 6.07) is 7.28. The number of halogens is 2. The zero-order valence-corrected chi connectivity index (χ0v) is 12.3. The second-order valence-electron chi connectivity index (χ2n) is 4.49. The maximum Gasteiger partial charge on any atom is 0.143 e. The van der Waals surface area contributed by atoms with Gasteiger partial charge in [0.1, 0.15) is 5.78 Å². The van der Waals surface area contributed by atoms with Crippen molar-refractivity contribution in [3.63, 3.8) is 0 Å². The van der Waals surface area contributed by atoms with Crippen LogP contribution in [-0.2, 0) is 24.7 Å². The van der Waals surface area contributed by atoms with Crippen molar-refractivity contribution in [2.45, 2.75) is 19.8 Å². The Labute approximate surface area is 122 Å². The van der Waals surface area contributed by atoms with Gasteiger partial charge in [-0.2, -0.15) is 5.10 Å². The molecule has 100 valence electrons. The van der Waals surface area contributed by atoms with Gasteiger partial charge in [0.05, 0.1) is 22.8 Å². The van der Waals surface area contributed by atoms with Gasteiger partial charge in [-0.3, -0.25) is 9.48 Å². The van der Waals surface area contributed by atoms with Gasteiger partial charge in [0.2, 0.25) is 0 Å². The van der Waals surface area contributed by atoms with Gasteiger partial charge in [0, 0.05) is 18.5 Å². The molecule has 3 nitrogen and oxygen atoms in total. The second kappa shape index (κ2) is 5.76. The van der Waals surface area contributed by atoms with Crippen molar-refractivity contribution >= 4 is 29.0 Å². The van der Waals surface area contributed by atoms with E-state index in [0.29, 0.717) is 22.9 Å². The SMILES string of the molecule is Cc1nn(C)c(CC(=O)Cc2ccc(Cl)cc2)c1Cl. The highest BCUT2D eigenvalue weighted by atomic mass is 35.5. The van der Waals surface area contributed by atoms with Crippen LogP contribution in [0.5, 0.6) is 0 Å². The average molecular weight is 297 g/mol. The molecular weight excluding hydrogens is 283 g/mol. The van der Waals surface area contributed by atoms with Crippen LogP contribution in [-0.4, -0.2) is 15.6 Å². The van der Waals surface area contributed by atoms with Crippen molar-refractivity contribution in [1.29, 1.82) is 0 Å². The van der Waals surface area contributed by atoms with Gasteiger partial charge in [-0.1, -0.05) is 35.3 Å². The molecule has 0 spiro atoms. The smallest absolute Gasteiger partial charge is 0.143 e. The molecule has 2 rings (SSSR count). The van der Waals surface area contributed by atoms with E-state index in [4.69, 9.17) is 23.2 Å². The predicted molar refractivity (Wildman–Crippen MR) is 76.8 cm³/mol. The van der Waals surface area contributed by atoms with E-state index in [1.807, 2.05) is 19.1 Å². The average Bonchev–Trinajstić information content (AvgIpc) is 2.59. The minimum atomic E-state index is 0.104. The number of aromatic nitrogens is 2. The molecule has 0 N–H and O–H groups in total. The first kappa shape index (κ1) is 14.1. The number of carbonyl (C=O) groups is 1. The fourth-order valence-corrected chi connectivity index (χ4v) is 2.30. The number of carbonyl (C=O) groups excluding carboxylic acids is 1. The molecule has 0 aliphatic rings. The van der Waals surface area contributed by atoms with Gasteiger partial charge in [0.25, 0.3) is 0 Å². The van der Waals surface area contributed by atoms with E-state index < -0.39 is 0 Å². The lowest BCUT2D eigenvalue weighted by Crippen LogP contribution is -2.10. The van der Waals surface area contributed by atoms with E-state index >= 15 is 0 Å². The number of hydrogen-bond donors (Lipinski definition) is 0. The van der Waals surface area contributed by atoms with Crippen LogP contribution < -0.4 is 0 Å². The maximum atomic E-state index is 12.0. The lowest BCUT2D eigenvalue weighted by molar-refractivity contribution is -0.117. The Bertz CT molecular complexity index is 603. The standard InChI is InChI=1S/C14H14Cl2N2O/c1-9-14(16)13(18(2)17-9)8-12(19)7-10-3-5-11(15)6-4-10/h3-6H,7-8H2,1-2H3. The summed E-state index contributed by atoms with van der Waals surface area (Å²) in [5.74, 6) is 0.104. The molecule has 1 aromatic carbocycles. The summed E-state index contributed by atoms with van der Waals surface area (Å²) >= 11 is 11.9. The fourth-order valence-electron chi connectivity index (χ4n) is 1.95. The second-order valence-corrected chi connectivity index (χ2v) is 5.30. The first-order chi connectivity index (χ1) is 8.97. The van der Waals surface area contributed by atoms with E-state index in [0.717, 1.165) is 17.0 Å². The minimum absolute atomic E-state index is 0.104. The predicted octanol–water partition coefficient (Wildman–Crippen LogP) is 3.39. The molecule has 1 heterocycles. The number of hydrogen-bond acceptors (Lipinski definition) is 2. The highest BCUT2D eigenvalue weighted by Crippen LogP contribution is 2.20. The monoisotopic (exact) mass is 296 g/mol. The highest BCUT2D eigenvalue weighted by molar-refractivity contribution is 6.32. The normalized spacial score (nSPS) is 10.7. The molecule has 0 aliphatic heterocycles. The molecule has 2 aromatic rings. The van der Waals surface area contributed by atoms with Crippen molar-refractivity contribution < 1.29 is 4.79 Å². The Hall–Kier alpha value is -1.32. The van der Waals surface area contributed by atoms with Crippen LogP contribution in [0.2, 0.25) is 10.0 Å². The number of Topliss-reactive ketones (excluding diaryl/α,β-unsaturated/α-hetero) is 1. The molecule has 0 radical (unpaired) electrons. The lowest BCUT2D eigenvalue weighted by Gasteiger charge is -2.03. The molecule has 0 amide bonds. The summed E-state index contributed by atoms with van der Waals surface area (Å²) in [6.45, 7) is 1.83. The Morgan fingerprint density at radius 1 is 1.21 bits per heavy atom. The number of nitrogens with zero attached hydrogens (tertiary/aromatic N) is 2. The van der Waals surface area contributed by atoms with E-state index in [1.54, 1.807) is 23.9 Å². The van der Waals surface area contributed by atoms with E-state index in [-0.39, 0.29) is 5.78 Å². The molecule has 19 heavy (non-hydrogen) atoms. The van der Waals surface area contributed by atoms with Gasteiger partial charge in [-0.05, 0) is 24.6 Å². The molecule has 0 atom stereocenters. The number of benzene rings is 1. The molecule has 0 aliphatic carbocycles. The third kappa shape index (κ3) is 3.37. The number of rotatable bonds is 4. The number of ketones is 1. The first-order valence-corrected chi connectivity index (χ1v) is 6.67. The first-order valence-electron chi connectivity index (χ1n) is 5.91. The van der Waals surface area contributed by atoms with Crippen LogP contribution in [0.15, 0.2) is 24.3 Å². The fraction of sp³-hybridized carbons (Fsp3) is 0.286. The Balaban J connectivity index is 2.07. The number of aryl methyl sites for hydroxylation is 2. The van der Waals surface area contributed by atoms with E-state index in [1.165, 1.54) is 0 Å². The molecule has 5 heteroatoms. The van der Waals surface area contributed by atoms with Crippen molar-refractivity contribution in [3.05, 3.63) is 51.3 Å². The van der Waals surface area contributed by atoms with E-state index in [2.05, 4.69) is 5.10 Å². The molecule has 0 saturated carbocycles. The zero-order valence-electron chi connectivity index (χ0n) is 10.8. The third-order valence-electron chi connectivity index (χ3n) is 2.94. The Morgan fingerprint density at radius 2 is 1.84 bits per heavy atom. The Kier molecular flexibility index (Phi) is 4.27. The van der Waals surface area contributed by atoms with Crippen molar-refractivity contribution in [1.82, 2.24) is 9.78 Å². The summed E-state index contributed by atoms with van der Waals surface area (Å²) < 4.78 is 1.66. The summed E-state index contributed by atoms with van der Waals surface area (Å²) in [5.41, 5.74) is 2.46. The minimum Gasteiger partial charge on any atom is -0.299 e. The molecule has 1 aromatic heterocycles. The largest absolute Gasteiger partial charge is 0.299 e. The highest BCUT2D eigenvalue weighted by Gasteiger charge is 2.15. The summed E-state index contributed by atoms with van der Waals surface area (Å²) in [5, 5.41) is 5.44. The topological polar surface area (TPSA) is 34.9 Å². The molecular formula is C14H14Cl2N2O. The van der Waals surface area contributed by atoms with Gasteiger partial charge >= 0.3 is 0 Å². The van der Waals surface area contributed by atoms with Crippen molar-refractivity contribution in [2.24, 2.45) is 7.05 Å². The lowest BCUT2D eigenvalue weighted by atomic mass is 10.1. The van der Waals surface area contributed by atoms with Gasteiger partial charge in [-0.15, -0.1) is 0 Å². The van der Waals surface area contributed by atoms with Crippen LogP contribution in [0.1, 0.15) is 17.0 Å². The van der Waals surface area contributed by atoms with Crippen LogP contribution >= 0.6 is 23.2 Å². The van der Waals surface area contributed by atoms with Crippen molar-refractivity contribution in [3.8, 4) is 0 Å². The van der Waals surface area contributed by atoms with Crippen LogP contribution in [0.4, 0.5) is 0 Å². The zero-order chi connectivity index (χ0) is 14.0. The van der Waals surface area contributed by atoms with Crippen LogP contribution in [0, 0.1) is 6.92 Å². The van der Waals surface area contributed by atoms with Gasteiger partial charge in [-0.25, -0.2) is 0 Å². The quantitative estimate of drug-likeness (QED) is 0.867. The molecule has 0 fully saturated rings.